The number of nitrogens with two attached hydrogens (primary N) is 1. The first kappa shape index (κ1) is 24.7. The van der Waals surface area contributed by atoms with Crippen LogP contribution in [-0.4, -0.2) is 51.6 Å². The minimum absolute atomic E-state index is 0.183. The monoisotopic (exact) mass is 499 g/mol. The molecule has 1 fully saturated rings. The Bertz CT molecular complexity index is 1230. The molecule has 3 aromatic rings. The second kappa shape index (κ2) is 10.5. The lowest BCUT2D eigenvalue weighted by Gasteiger charge is -2.33. The third kappa shape index (κ3) is 5.83. The van der Waals surface area contributed by atoms with Crippen molar-refractivity contribution < 1.29 is 17.7 Å². The predicted molar refractivity (Wildman–Crippen MR) is 134 cm³/mol. The van der Waals surface area contributed by atoms with E-state index in [2.05, 4.69) is 9.88 Å². The molecule has 1 saturated heterocycles. The molecule has 2 heterocycles. The summed E-state index contributed by atoms with van der Waals surface area (Å²) in [7, 11) is -0.973. The van der Waals surface area contributed by atoms with Gasteiger partial charge in [-0.1, -0.05) is 0 Å². The number of benzene rings is 2. The molecule has 1 aliphatic rings. The first-order chi connectivity index (χ1) is 16.7. The molecule has 1 aromatic heterocycles. The number of hydrogen-bond acceptors (Lipinski definition) is 6. The molecule has 0 radical (unpaired) electrons. The van der Waals surface area contributed by atoms with Gasteiger partial charge in [0.25, 0.3) is 0 Å². The Kier molecular flexibility index (Phi) is 7.42. The van der Waals surface area contributed by atoms with E-state index in [4.69, 9.17) is 15.9 Å². The molecule has 184 valence electrons. The Morgan fingerprint density at radius 2 is 1.77 bits per heavy atom. The van der Waals surface area contributed by atoms with Gasteiger partial charge in [0.1, 0.15) is 29.3 Å². The highest BCUT2D eigenvalue weighted by Crippen LogP contribution is 2.28. The lowest BCUT2D eigenvalue weighted by molar-refractivity contribution is 0.226. The molecule has 7 nitrogen and oxygen atoms in total. The molecule has 1 unspecified atom stereocenters. The molecule has 35 heavy (non-hydrogen) atoms. The van der Waals surface area contributed by atoms with E-state index in [0.717, 1.165) is 25.0 Å². The predicted octanol–water partition coefficient (Wildman–Crippen LogP) is 3.91. The molecule has 0 bridgehead atoms. The highest BCUT2D eigenvalue weighted by Gasteiger charge is 2.20. The largest absolute Gasteiger partial charge is 0.486 e. The van der Waals surface area contributed by atoms with E-state index in [1.807, 2.05) is 16.4 Å². The second-order valence-corrected chi connectivity index (χ2v) is 9.70. The Hall–Kier alpha value is -3.37. The van der Waals surface area contributed by atoms with E-state index in [9.17, 15) is 13.0 Å². The minimum Gasteiger partial charge on any atom is -0.486 e. The Labute approximate surface area is 205 Å². The molecule has 1 aliphatic heterocycles. The Morgan fingerprint density at radius 1 is 1.09 bits per heavy atom. The molecular weight excluding hydrogens is 472 g/mol. The number of halogens is 2. The number of ether oxygens (including phenoxy) is 1. The van der Waals surface area contributed by atoms with Gasteiger partial charge in [0.05, 0.1) is 16.7 Å². The van der Waals surface area contributed by atoms with E-state index in [-0.39, 0.29) is 5.71 Å². The summed E-state index contributed by atoms with van der Waals surface area (Å²) in [6, 6.07) is 11.9. The van der Waals surface area contributed by atoms with Crippen molar-refractivity contribution in [1.82, 2.24) is 9.29 Å². The fraction of sp³-hybridized carbons (Fsp3) is 0.280. The topological polar surface area (TPSA) is 95.5 Å². The lowest BCUT2D eigenvalue weighted by atomic mass is 10.0. The van der Waals surface area contributed by atoms with Crippen LogP contribution >= 0.6 is 0 Å². The highest BCUT2D eigenvalue weighted by atomic mass is 32.2. The molecule has 0 aliphatic carbocycles. The summed E-state index contributed by atoms with van der Waals surface area (Å²) in [5, 5.41) is 8.67. The number of piperazine rings is 1. The van der Waals surface area contributed by atoms with Crippen LogP contribution in [0.15, 0.2) is 54.7 Å². The van der Waals surface area contributed by atoms with Crippen LogP contribution in [-0.2, 0) is 11.0 Å². The van der Waals surface area contributed by atoms with Crippen molar-refractivity contribution in [3.05, 3.63) is 83.1 Å². The molecular formula is C25H27F2N5O2S. The Balaban J connectivity index is 1.47. The molecule has 0 spiro atoms. The first-order valence-corrected chi connectivity index (χ1v) is 12.6. The standard InChI is InChI=1S/C25H27F2N5O2S/c1-16(18-11-19(26)13-20(27)12-18)34-21-4-5-23(28)22(14-21)25(29)17-3-6-24(30-15-17)31-7-9-32(10-8-31)35(2)33/h3-6,11-16,29H,7-10,28H2,1-2H3/t16-,35?/m1/s1. The van der Waals surface area contributed by atoms with Gasteiger partial charge in [-0.2, -0.15) is 0 Å². The number of anilines is 2. The van der Waals surface area contributed by atoms with E-state index < -0.39 is 28.7 Å². The fourth-order valence-corrected chi connectivity index (χ4v) is 4.64. The maximum absolute atomic E-state index is 13.6. The maximum Gasteiger partial charge on any atom is 0.128 e. The number of nitrogens with zero attached hydrogens (tertiary/aromatic N) is 3. The molecule has 3 N–H and O–H groups in total. The van der Waals surface area contributed by atoms with Crippen LogP contribution in [0.1, 0.15) is 29.7 Å². The summed E-state index contributed by atoms with van der Waals surface area (Å²) in [4.78, 5) is 6.64. The number of aromatic nitrogens is 1. The molecule has 0 amide bonds. The van der Waals surface area contributed by atoms with Crippen molar-refractivity contribution in [1.29, 1.82) is 5.41 Å². The smallest absolute Gasteiger partial charge is 0.128 e. The number of nitrogen functional groups attached to an aromatic ring is 1. The van der Waals surface area contributed by atoms with Crippen molar-refractivity contribution in [2.24, 2.45) is 0 Å². The maximum atomic E-state index is 13.6. The van der Waals surface area contributed by atoms with Crippen LogP contribution in [0.5, 0.6) is 5.75 Å². The van der Waals surface area contributed by atoms with Gasteiger partial charge in [-0.05, 0) is 55.0 Å². The normalized spacial score (nSPS) is 16.1. The number of rotatable bonds is 7. The van der Waals surface area contributed by atoms with Gasteiger partial charge < -0.3 is 15.4 Å². The SMILES string of the molecule is C[C@@H](Oc1ccc(N)c(C(=N)c2ccc(N3CCN(S(C)=O)CC3)nc2)c1)c1cc(F)cc(F)c1. The Morgan fingerprint density at radius 3 is 2.37 bits per heavy atom. The van der Waals surface area contributed by atoms with Gasteiger partial charge in [-0.3, -0.25) is 5.41 Å². The second-order valence-electron chi connectivity index (χ2n) is 8.33. The van der Waals surface area contributed by atoms with E-state index in [0.29, 0.717) is 41.2 Å². The first-order valence-electron chi connectivity index (χ1n) is 11.1. The quantitative estimate of drug-likeness (QED) is 0.380. The molecule has 2 aromatic carbocycles. The summed E-state index contributed by atoms with van der Waals surface area (Å²) in [6.07, 6.45) is 2.70. The average Bonchev–Trinajstić information content (AvgIpc) is 2.84. The van der Waals surface area contributed by atoms with Gasteiger partial charge in [0.15, 0.2) is 0 Å². The van der Waals surface area contributed by atoms with Crippen molar-refractivity contribution in [2.45, 2.75) is 13.0 Å². The van der Waals surface area contributed by atoms with Crippen LogP contribution in [0.3, 0.4) is 0 Å². The summed E-state index contributed by atoms with van der Waals surface area (Å²) >= 11 is 0. The van der Waals surface area contributed by atoms with Gasteiger partial charge in [-0.25, -0.2) is 22.3 Å². The van der Waals surface area contributed by atoms with Crippen molar-refractivity contribution in [3.63, 3.8) is 0 Å². The van der Waals surface area contributed by atoms with Gasteiger partial charge in [0, 0.05) is 61.5 Å². The van der Waals surface area contributed by atoms with E-state index >= 15 is 0 Å². The van der Waals surface area contributed by atoms with Crippen LogP contribution in [0, 0.1) is 17.0 Å². The number of hydrogen-bond donors (Lipinski definition) is 2. The average molecular weight is 500 g/mol. The fourth-order valence-electron chi connectivity index (χ4n) is 3.96. The highest BCUT2D eigenvalue weighted by molar-refractivity contribution is 7.81. The minimum atomic E-state index is -0.973. The molecule has 2 atom stereocenters. The van der Waals surface area contributed by atoms with Gasteiger partial charge in [-0.15, -0.1) is 0 Å². The third-order valence-electron chi connectivity index (χ3n) is 5.92. The van der Waals surface area contributed by atoms with Crippen molar-refractivity contribution in [3.8, 4) is 5.75 Å². The van der Waals surface area contributed by atoms with Crippen LogP contribution in [0.2, 0.25) is 0 Å². The van der Waals surface area contributed by atoms with Crippen molar-refractivity contribution in [2.75, 3.05) is 43.1 Å². The molecule has 4 rings (SSSR count). The van der Waals surface area contributed by atoms with Gasteiger partial charge in [0.2, 0.25) is 0 Å². The zero-order valence-electron chi connectivity index (χ0n) is 19.5. The van der Waals surface area contributed by atoms with E-state index in [1.54, 1.807) is 37.6 Å². The molecule has 0 saturated carbocycles. The number of pyridine rings is 1. The van der Waals surface area contributed by atoms with E-state index in [1.165, 1.54) is 12.1 Å². The molecule has 10 heteroatoms. The van der Waals surface area contributed by atoms with Crippen LogP contribution in [0.4, 0.5) is 20.3 Å². The third-order valence-corrected chi connectivity index (χ3v) is 7.02. The summed E-state index contributed by atoms with van der Waals surface area (Å²) in [6.45, 7) is 4.54. The lowest BCUT2D eigenvalue weighted by Crippen LogP contribution is -2.47. The van der Waals surface area contributed by atoms with Crippen molar-refractivity contribution >= 4 is 28.2 Å². The summed E-state index contributed by atoms with van der Waals surface area (Å²) in [5.74, 6) is -0.127. The summed E-state index contributed by atoms with van der Waals surface area (Å²) in [5.41, 5.74) is 8.14. The van der Waals surface area contributed by atoms with Crippen LogP contribution < -0.4 is 15.4 Å². The van der Waals surface area contributed by atoms with Crippen LogP contribution in [0.25, 0.3) is 0 Å². The summed E-state index contributed by atoms with van der Waals surface area (Å²) < 4.78 is 46.6. The van der Waals surface area contributed by atoms with Gasteiger partial charge >= 0.3 is 0 Å². The zero-order valence-corrected chi connectivity index (χ0v) is 20.3. The zero-order chi connectivity index (χ0) is 25.1. The number of nitrogens with one attached hydrogen (secondary N) is 1.